The number of carbonyl (C=O) groups excluding carboxylic acids is 1. The van der Waals surface area contributed by atoms with Gasteiger partial charge in [-0.05, 0) is 19.9 Å². The Bertz CT molecular complexity index is 531. The fourth-order valence-electron chi connectivity index (χ4n) is 2.49. The summed E-state index contributed by atoms with van der Waals surface area (Å²) in [4.78, 5) is 16.4. The monoisotopic (exact) mass is 294 g/mol. The lowest BCUT2D eigenvalue weighted by Gasteiger charge is -2.34. The van der Waals surface area contributed by atoms with E-state index in [1.807, 2.05) is 24.8 Å². The van der Waals surface area contributed by atoms with Crippen LogP contribution in [0.2, 0.25) is 0 Å². The second kappa shape index (κ2) is 6.57. The molecule has 8 heteroatoms. The van der Waals surface area contributed by atoms with Crippen LogP contribution in [0.1, 0.15) is 23.1 Å². The zero-order chi connectivity index (χ0) is 15.4. The minimum absolute atomic E-state index is 0.0147. The Morgan fingerprint density at radius 1 is 1.43 bits per heavy atom. The van der Waals surface area contributed by atoms with Crippen LogP contribution in [-0.2, 0) is 6.54 Å². The number of nitrogens with zero attached hydrogens (tertiary/aromatic N) is 5. The molecule has 1 aliphatic rings. The standard InChI is InChI=1S/C13H22N6O2/c1-3-19-11(8-10(2)15-19)13(20)18-6-4-17(5-7-18)9-12(14)16-21/h8,21H,3-7,9H2,1-2H3,(H2,14,16). The van der Waals surface area contributed by atoms with Gasteiger partial charge in [0, 0.05) is 32.7 Å². The number of aryl methyl sites for hydroxylation is 2. The Morgan fingerprint density at radius 3 is 2.67 bits per heavy atom. The van der Waals surface area contributed by atoms with E-state index in [4.69, 9.17) is 10.9 Å². The third kappa shape index (κ3) is 3.52. The number of piperazine rings is 1. The summed E-state index contributed by atoms with van der Waals surface area (Å²) in [5.74, 6) is 0.204. The predicted octanol–water partition coefficient (Wildman–Crippen LogP) is -0.284. The van der Waals surface area contributed by atoms with Crippen molar-refractivity contribution in [2.45, 2.75) is 20.4 Å². The van der Waals surface area contributed by atoms with Gasteiger partial charge in [-0.3, -0.25) is 14.4 Å². The number of rotatable bonds is 4. The summed E-state index contributed by atoms with van der Waals surface area (Å²) in [5, 5.41) is 15.9. The zero-order valence-corrected chi connectivity index (χ0v) is 12.5. The number of amides is 1. The molecule has 0 saturated carbocycles. The number of carbonyl (C=O) groups is 1. The van der Waals surface area contributed by atoms with Gasteiger partial charge in [0.25, 0.3) is 5.91 Å². The second-order valence-electron chi connectivity index (χ2n) is 5.15. The molecule has 1 fully saturated rings. The molecule has 0 spiro atoms. The molecule has 0 atom stereocenters. The normalized spacial score (nSPS) is 17.2. The summed E-state index contributed by atoms with van der Waals surface area (Å²) in [6.45, 7) is 7.64. The fourth-order valence-corrected chi connectivity index (χ4v) is 2.49. The van der Waals surface area contributed by atoms with E-state index in [1.165, 1.54) is 0 Å². The van der Waals surface area contributed by atoms with E-state index in [0.29, 0.717) is 45.0 Å². The molecule has 21 heavy (non-hydrogen) atoms. The van der Waals surface area contributed by atoms with Gasteiger partial charge in [0.15, 0.2) is 5.84 Å². The lowest BCUT2D eigenvalue weighted by Crippen LogP contribution is -2.51. The van der Waals surface area contributed by atoms with Gasteiger partial charge in [0.2, 0.25) is 0 Å². The Labute approximate surface area is 123 Å². The van der Waals surface area contributed by atoms with E-state index < -0.39 is 0 Å². The molecule has 1 aromatic rings. The highest BCUT2D eigenvalue weighted by molar-refractivity contribution is 5.92. The molecule has 0 unspecified atom stereocenters. The number of aromatic nitrogens is 2. The molecule has 1 aliphatic heterocycles. The zero-order valence-electron chi connectivity index (χ0n) is 12.5. The molecule has 3 N–H and O–H groups in total. The van der Waals surface area contributed by atoms with Crippen LogP contribution in [0.25, 0.3) is 0 Å². The lowest BCUT2D eigenvalue weighted by atomic mass is 10.2. The molecular formula is C13H22N6O2. The predicted molar refractivity (Wildman–Crippen MR) is 78.4 cm³/mol. The fraction of sp³-hybridized carbons (Fsp3) is 0.615. The summed E-state index contributed by atoms with van der Waals surface area (Å²) in [7, 11) is 0. The average molecular weight is 294 g/mol. The lowest BCUT2D eigenvalue weighted by molar-refractivity contribution is 0.0641. The van der Waals surface area contributed by atoms with Crippen LogP contribution in [0.15, 0.2) is 11.2 Å². The average Bonchev–Trinajstić information content (AvgIpc) is 2.88. The Kier molecular flexibility index (Phi) is 4.79. The first kappa shape index (κ1) is 15.3. The van der Waals surface area contributed by atoms with Crippen LogP contribution < -0.4 is 5.73 Å². The highest BCUT2D eigenvalue weighted by atomic mass is 16.4. The quantitative estimate of drug-likeness (QED) is 0.344. The van der Waals surface area contributed by atoms with E-state index >= 15 is 0 Å². The van der Waals surface area contributed by atoms with Gasteiger partial charge in [-0.1, -0.05) is 5.16 Å². The van der Waals surface area contributed by atoms with Crippen LogP contribution in [0, 0.1) is 6.92 Å². The van der Waals surface area contributed by atoms with Gasteiger partial charge in [-0.25, -0.2) is 0 Å². The van der Waals surface area contributed by atoms with Crippen molar-refractivity contribution >= 4 is 11.7 Å². The third-order valence-corrected chi connectivity index (χ3v) is 3.59. The van der Waals surface area contributed by atoms with Gasteiger partial charge < -0.3 is 15.8 Å². The summed E-state index contributed by atoms with van der Waals surface area (Å²) >= 11 is 0. The molecule has 1 saturated heterocycles. The second-order valence-corrected chi connectivity index (χ2v) is 5.15. The van der Waals surface area contributed by atoms with Crippen molar-refractivity contribution in [2.75, 3.05) is 32.7 Å². The van der Waals surface area contributed by atoms with E-state index in [-0.39, 0.29) is 11.7 Å². The third-order valence-electron chi connectivity index (χ3n) is 3.59. The van der Waals surface area contributed by atoms with E-state index in [9.17, 15) is 4.79 Å². The maximum absolute atomic E-state index is 12.5. The maximum atomic E-state index is 12.5. The van der Waals surface area contributed by atoms with Crippen LogP contribution >= 0.6 is 0 Å². The van der Waals surface area contributed by atoms with Crippen LogP contribution in [0.5, 0.6) is 0 Å². The molecule has 0 bridgehead atoms. The number of hydrogen-bond donors (Lipinski definition) is 2. The number of oxime groups is 1. The van der Waals surface area contributed by atoms with Crippen molar-refractivity contribution in [3.63, 3.8) is 0 Å². The summed E-state index contributed by atoms with van der Waals surface area (Å²) in [6, 6.07) is 1.83. The molecule has 1 amide bonds. The number of nitrogens with two attached hydrogens (primary N) is 1. The van der Waals surface area contributed by atoms with Gasteiger partial charge in [-0.2, -0.15) is 5.10 Å². The molecule has 8 nitrogen and oxygen atoms in total. The highest BCUT2D eigenvalue weighted by Gasteiger charge is 2.25. The molecule has 1 aromatic heterocycles. The van der Waals surface area contributed by atoms with Crippen molar-refractivity contribution in [1.29, 1.82) is 0 Å². The molecule has 116 valence electrons. The summed E-state index contributed by atoms with van der Waals surface area (Å²) in [6.07, 6.45) is 0. The van der Waals surface area contributed by atoms with Crippen molar-refractivity contribution in [3.8, 4) is 0 Å². The molecule has 2 heterocycles. The van der Waals surface area contributed by atoms with Gasteiger partial charge in [0.1, 0.15) is 5.69 Å². The largest absolute Gasteiger partial charge is 0.409 e. The Hall–Kier alpha value is -2.09. The Morgan fingerprint density at radius 2 is 2.10 bits per heavy atom. The van der Waals surface area contributed by atoms with E-state index in [1.54, 1.807) is 4.68 Å². The first-order chi connectivity index (χ1) is 10.0. The van der Waals surface area contributed by atoms with Crippen molar-refractivity contribution in [2.24, 2.45) is 10.9 Å². The first-order valence-corrected chi connectivity index (χ1v) is 7.07. The minimum atomic E-state index is 0.0147. The van der Waals surface area contributed by atoms with E-state index in [2.05, 4.69) is 15.2 Å². The van der Waals surface area contributed by atoms with Crippen LogP contribution in [0.3, 0.4) is 0 Å². The molecule has 0 radical (unpaired) electrons. The minimum Gasteiger partial charge on any atom is -0.409 e. The van der Waals surface area contributed by atoms with Crippen molar-refractivity contribution < 1.29 is 10.0 Å². The van der Waals surface area contributed by atoms with Crippen LogP contribution in [0.4, 0.5) is 0 Å². The van der Waals surface area contributed by atoms with Gasteiger partial charge in [-0.15, -0.1) is 0 Å². The SMILES string of the molecule is CCn1nc(C)cc1C(=O)N1CCN(CC(N)=NO)CC1. The molecule has 0 aliphatic carbocycles. The van der Waals surface area contributed by atoms with Gasteiger partial charge in [0.05, 0.1) is 12.2 Å². The van der Waals surface area contributed by atoms with Gasteiger partial charge >= 0.3 is 0 Å². The summed E-state index contributed by atoms with van der Waals surface area (Å²) < 4.78 is 1.74. The number of hydrogen-bond acceptors (Lipinski definition) is 5. The molecule has 0 aromatic carbocycles. The van der Waals surface area contributed by atoms with Crippen LogP contribution in [-0.4, -0.2) is 69.3 Å². The maximum Gasteiger partial charge on any atom is 0.272 e. The Balaban J connectivity index is 1.97. The summed E-state index contributed by atoms with van der Waals surface area (Å²) in [5.41, 5.74) is 6.99. The van der Waals surface area contributed by atoms with E-state index in [0.717, 1.165) is 5.69 Å². The van der Waals surface area contributed by atoms with Crippen molar-refractivity contribution in [3.05, 3.63) is 17.5 Å². The number of amidine groups is 1. The first-order valence-electron chi connectivity index (χ1n) is 7.07. The molecule has 2 rings (SSSR count). The smallest absolute Gasteiger partial charge is 0.272 e. The highest BCUT2D eigenvalue weighted by Crippen LogP contribution is 2.10. The van der Waals surface area contributed by atoms with Crippen molar-refractivity contribution in [1.82, 2.24) is 19.6 Å². The molecular weight excluding hydrogens is 272 g/mol. The topological polar surface area (TPSA) is 100.0 Å².